The molecule has 4 rings (SSSR count). The van der Waals surface area contributed by atoms with E-state index in [1.165, 1.54) is 10.4 Å². The molecule has 2 N–H and O–H groups in total. The van der Waals surface area contributed by atoms with Crippen LogP contribution in [0.15, 0.2) is 40.8 Å². The van der Waals surface area contributed by atoms with Gasteiger partial charge in [0.1, 0.15) is 0 Å². The van der Waals surface area contributed by atoms with Crippen LogP contribution in [0.2, 0.25) is 0 Å². The Hall–Kier alpha value is -2.21. The number of aromatic nitrogens is 3. The number of guanidine groups is 1. The number of rotatable bonds is 5. The van der Waals surface area contributed by atoms with Crippen LogP contribution in [-0.4, -0.2) is 51.5 Å². The largest absolute Gasteiger partial charge is 0.356 e. The van der Waals surface area contributed by atoms with Gasteiger partial charge in [0, 0.05) is 44.2 Å². The number of carbonyl (C=O) groups excluding carboxylic acids is 1. The van der Waals surface area contributed by atoms with Crippen LogP contribution in [0.3, 0.4) is 0 Å². The fourth-order valence-corrected chi connectivity index (χ4v) is 4.19. The number of halogens is 1. The fraction of sp³-hybridized carbons (Fsp3) is 0.368. The fourth-order valence-electron chi connectivity index (χ4n) is 3.30. The molecule has 154 valence electrons. The number of thiophene rings is 1. The monoisotopic (exact) mass is 525 g/mol. The van der Waals surface area contributed by atoms with Crippen molar-refractivity contribution in [3.8, 4) is 0 Å². The van der Waals surface area contributed by atoms with Crippen LogP contribution in [-0.2, 0) is 24.3 Å². The standard InChI is InChI=1S/C19H23N7OS.HI/c1-20-19(22-12-17-24-23-16-4-2-3-9-26(16)17)21-8-5-18(27)25-10-6-15-14(13-25)7-11-28-15;/h2-4,7,9,11H,5-6,8,10,12-13H2,1H3,(H2,20,21,22);1H. The molecule has 0 spiro atoms. The second-order valence-electron chi connectivity index (χ2n) is 6.58. The summed E-state index contributed by atoms with van der Waals surface area (Å²) in [5.41, 5.74) is 2.10. The number of hydrogen-bond donors (Lipinski definition) is 2. The molecule has 1 aliphatic heterocycles. The van der Waals surface area contributed by atoms with E-state index < -0.39 is 0 Å². The predicted molar refractivity (Wildman–Crippen MR) is 125 cm³/mol. The Morgan fingerprint density at radius 2 is 2.17 bits per heavy atom. The third-order valence-electron chi connectivity index (χ3n) is 4.81. The van der Waals surface area contributed by atoms with Crippen molar-refractivity contribution in [2.45, 2.75) is 25.9 Å². The highest BCUT2D eigenvalue weighted by molar-refractivity contribution is 14.0. The van der Waals surface area contributed by atoms with Crippen molar-refractivity contribution >= 4 is 52.8 Å². The normalized spacial score (nSPS) is 13.7. The number of hydrogen-bond acceptors (Lipinski definition) is 5. The van der Waals surface area contributed by atoms with Gasteiger partial charge in [0.2, 0.25) is 5.91 Å². The van der Waals surface area contributed by atoms with E-state index in [4.69, 9.17) is 0 Å². The van der Waals surface area contributed by atoms with Gasteiger partial charge in [-0.25, -0.2) is 0 Å². The molecule has 0 unspecified atom stereocenters. The number of fused-ring (bicyclic) bond motifs is 2. The number of aliphatic imine (C=N–C) groups is 1. The molecular formula is C19H24IN7OS. The maximum atomic E-state index is 12.5. The Morgan fingerprint density at radius 1 is 1.28 bits per heavy atom. The Morgan fingerprint density at radius 3 is 3.03 bits per heavy atom. The highest BCUT2D eigenvalue weighted by atomic mass is 127. The van der Waals surface area contributed by atoms with Gasteiger partial charge in [-0.1, -0.05) is 6.07 Å². The van der Waals surface area contributed by atoms with Crippen molar-refractivity contribution in [2.24, 2.45) is 4.99 Å². The van der Waals surface area contributed by atoms with Crippen LogP contribution in [0.5, 0.6) is 0 Å². The molecule has 1 aliphatic rings. The summed E-state index contributed by atoms with van der Waals surface area (Å²) in [7, 11) is 1.71. The third-order valence-corrected chi connectivity index (χ3v) is 5.84. The highest BCUT2D eigenvalue weighted by Gasteiger charge is 2.21. The Bertz CT molecular complexity index is 999. The quantitative estimate of drug-likeness (QED) is 0.303. The van der Waals surface area contributed by atoms with E-state index in [1.54, 1.807) is 18.4 Å². The van der Waals surface area contributed by atoms with Crippen LogP contribution in [0.25, 0.3) is 5.65 Å². The van der Waals surface area contributed by atoms with Gasteiger partial charge < -0.3 is 15.5 Å². The minimum atomic E-state index is 0. The molecule has 3 aromatic heterocycles. The van der Waals surface area contributed by atoms with E-state index in [0.717, 1.165) is 31.0 Å². The topological polar surface area (TPSA) is 86.9 Å². The van der Waals surface area contributed by atoms with Gasteiger partial charge in [-0.3, -0.25) is 14.2 Å². The van der Waals surface area contributed by atoms with Crippen molar-refractivity contribution < 1.29 is 4.79 Å². The molecule has 4 heterocycles. The van der Waals surface area contributed by atoms with E-state index in [0.29, 0.717) is 25.5 Å². The van der Waals surface area contributed by atoms with Crippen molar-refractivity contribution in [2.75, 3.05) is 20.1 Å². The number of nitrogens with zero attached hydrogens (tertiary/aromatic N) is 5. The van der Waals surface area contributed by atoms with Gasteiger partial charge in [0.25, 0.3) is 0 Å². The van der Waals surface area contributed by atoms with Crippen LogP contribution in [0, 0.1) is 0 Å². The van der Waals surface area contributed by atoms with Crippen molar-refractivity contribution in [1.29, 1.82) is 0 Å². The summed E-state index contributed by atoms with van der Waals surface area (Å²) >= 11 is 1.78. The Kier molecular flexibility index (Phi) is 7.42. The van der Waals surface area contributed by atoms with Crippen LogP contribution < -0.4 is 10.6 Å². The first-order valence-corrected chi connectivity index (χ1v) is 10.2. The smallest absolute Gasteiger partial charge is 0.224 e. The zero-order valence-electron chi connectivity index (χ0n) is 16.2. The first-order valence-electron chi connectivity index (χ1n) is 9.31. The van der Waals surface area contributed by atoms with Crippen molar-refractivity contribution in [3.63, 3.8) is 0 Å². The average molecular weight is 525 g/mol. The van der Waals surface area contributed by atoms with E-state index in [2.05, 4.69) is 37.3 Å². The molecule has 29 heavy (non-hydrogen) atoms. The molecule has 8 nitrogen and oxygen atoms in total. The highest BCUT2D eigenvalue weighted by Crippen LogP contribution is 2.24. The SMILES string of the molecule is CN=C(NCCC(=O)N1CCc2sccc2C1)NCc1nnc2ccccn12.I. The lowest BCUT2D eigenvalue weighted by molar-refractivity contribution is -0.131. The number of pyridine rings is 1. The summed E-state index contributed by atoms with van der Waals surface area (Å²) in [5.74, 6) is 1.61. The van der Waals surface area contributed by atoms with Crippen LogP contribution >= 0.6 is 35.3 Å². The Balaban J connectivity index is 0.00000240. The van der Waals surface area contributed by atoms with Gasteiger partial charge >= 0.3 is 0 Å². The molecule has 0 aliphatic carbocycles. The molecule has 10 heteroatoms. The molecule has 0 atom stereocenters. The second-order valence-corrected chi connectivity index (χ2v) is 7.58. The average Bonchev–Trinajstić information content (AvgIpc) is 3.36. The summed E-state index contributed by atoms with van der Waals surface area (Å²) in [6.45, 7) is 2.56. The summed E-state index contributed by atoms with van der Waals surface area (Å²) < 4.78 is 1.93. The molecule has 1 amide bonds. The zero-order chi connectivity index (χ0) is 19.3. The maximum absolute atomic E-state index is 12.5. The van der Waals surface area contributed by atoms with Crippen molar-refractivity contribution in [3.05, 3.63) is 52.1 Å². The molecule has 0 radical (unpaired) electrons. The zero-order valence-corrected chi connectivity index (χ0v) is 19.3. The molecule has 0 fully saturated rings. The lowest BCUT2D eigenvalue weighted by Crippen LogP contribution is -2.41. The first-order chi connectivity index (χ1) is 13.7. The van der Waals surface area contributed by atoms with Crippen molar-refractivity contribution in [1.82, 2.24) is 30.1 Å². The summed E-state index contributed by atoms with van der Waals surface area (Å²) in [5, 5.41) is 16.9. The van der Waals surface area contributed by atoms with Crippen LogP contribution in [0.1, 0.15) is 22.7 Å². The molecule has 0 bridgehead atoms. The van der Waals surface area contributed by atoms with E-state index >= 15 is 0 Å². The predicted octanol–water partition coefficient (Wildman–Crippen LogP) is 2.05. The molecule has 0 saturated heterocycles. The lowest BCUT2D eigenvalue weighted by Gasteiger charge is -2.27. The lowest BCUT2D eigenvalue weighted by atomic mass is 10.1. The second kappa shape index (κ2) is 10.0. The van der Waals surface area contributed by atoms with Gasteiger partial charge in [0.15, 0.2) is 17.4 Å². The summed E-state index contributed by atoms with van der Waals surface area (Å²) in [6, 6.07) is 7.91. The maximum Gasteiger partial charge on any atom is 0.224 e. The van der Waals surface area contributed by atoms with E-state index in [9.17, 15) is 4.79 Å². The van der Waals surface area contributed by atoms with Gasteiger partial charge in [-0.2, -0.15) is 0 Å². The van der Waals surface area contributed by atoms with E-state index in [-0.39, 0.29) is 29.9 Å². The van der Waals surface area contributed by atoms with Crippen LogP contribution in [0.4, 0.5) is 0 Å². The Labute approximate surface area is 190 Å². The number of nitrogens with one attached hydrogen (secondary N) is 2. The van der Waals surface area contributed by atoms with Gasteiger partial charge in [-0.15, -0.1) is 45.5 Å². The molecule has 0 saturated carbocycles. The summed E-state index contributed by atoms with van der Waals surface area (Å²) in [4.78, 5) is 20.1. The minimum Gasteiger partial charge on any atom is -0.356 e. The number of carbonyl (C=O) groups is 1. The first kappa shape index (κ1) is 21.5. The van der Waals surface area contributed by atoms with E-state index in [1.807, 2.05) is 33.7 Å². The number of amides is 1. The molecular weight excluding hydrogens is 501 g/mol. The van der Waals surface area contributed by atoms with Gasteiger partial charge in [-0.05, 0) is 35.6 Å². The van der Waals surface area contributed by atoms with Gasteiger partial charge in [0.05, 0.1) is 6.54 Å². The molecule has 3 aromatic rings. The third kappa shape index (κ3) is 5.04. The molecule has 0 aromatic carbocycles. The summed E-state index contributed by atoms with van der Waals surface area (Å²) in [6.07, 6.45) is 3.33. The minimum absolute atomic E-state index is 0.